The molecule has 0 aliphatic carbocycles. The number of hydrogen-bond donors (Lipinski definition) is 0. The highest BCUT2D eigenvalue weighted by molar-refractivity contribution is 8.01. The van der Waals surface area contributed by atoms with E-state index in [9.17, 15) is 4.79 Å². The summed E-state index contributed by atoms with van der Waals surface area (Å²) < 4.78 is 0.846. The van der Waals surface area contributed by atoms with Crippen LogP contribution in [0.25, 0.3) is 0 Å². The number of thioether (sulfide) groups is 1. The Morgan fingerprint density at radius 3 is 2.27 bits per heavy atom. The van der Waals surface area contributed by atoms with Gasteiger partial charge in [0.1, 0.15) is 5.01 Å². The number of amides is 1. The number of carbonyl (C=O) groups is 1. The predicted molar refractivity (Wildman–Crippen MR) is 107 cm³/mol. The number of nitrogens with zero attached hydrogens (tertiary/aromatic N) is 3. The highest BCUT2D eigenvalue weighted by Crippen LogP contribution is 2.22. The smallest absolute Gasteiger partial charge is 0.233 e. The fourth-order valence-electron chi connectivity index (χ4n) is 2.56. The molecule has 0 unspecified atom stereocenters. The summed E-state index contributed by atoms with van der Waals surface area (Å²) in [5, 5.41) is 9.01. The van der Waals surface area contributed by atoms with Crippen LogP contribution in [0.1, 0.15) is 16.1 Å². The summed E-state index contributed by atoms with van der Waals surface area (Å²) in [5.41, 5.74) is 2.39. The molecule has 4 nitrogen and oxygen atoms in total. The molecular formula is C20H21N3OS2. The summed E-state index contributed by atoms with van der Waals surface area (Å²) >= 11 is 2.99. The first-order valence-electron chi connectivity index (χ1n) is 8.49. The Morgan fingerprint density at radius 2 is 1.65 bits per heavy atom. The lowest BCUT2D eigenvalue weighted by atomic mass is 10.1. The first-order chi connectivity index (χ1) is 12.7. The van der Waals surface area contributed by atoms with E-state index in [0.29, 0.717) is 18.8 Å². The Hall–Kier alpha value is -2.18. The van der Waals surface area contributed by atoms with Crippen molar-refractivity contribution in [2.45, 2.75) is 24.2 Å². The molecule has 0 spiro atoms. The van der Waals surface area contributed by atoms with Gasteiger partial charge in [-0.25, -0.2) is 0 Å². The van der Waals surface area contributed by atoms with Crippen LogP contribution in [-0.2, 0) is 17.8 Å². The van der Waals surface area contributed by atoms with E-state index in [4.69, 9.17) is 0 Å². The fraction of sp³-hybridized carbons (Fsp3) is 0.250. The van der Waals surface area contributed by atoms with Gasteiger partial charge in [0.05, 0.1) is 5.75 Å². The van der Waals surface area contributed by atoms with Crippen LogP contribution in [0, 0.1) is 6.92 Å². The van der Waals surface area contributed by atoms with Crippen LogP contribution >= 0.6 is 23.1 Å². The third-order valence-corrected chi connectivity index (χ3v) is 5.87. The summed E-state index contributed by atoms with van der Waals surface area (Å²) in [6.07, 6.45) is 0.849. The maximum absolute atomic E-state index is 12.8. The van der Waals surface area contributed by atoms with Gasteiger partial charge >= 0.3 is 0 Å². The Labute approximate surface area is 162 Å². The van der Waals surface area contributed by atoms with E-state index >= 15 is 0 Å². The second kappa shape index (κ2) is 9.50. The van der Waals surface area contributed by atoms with E-state index in [1.54, 1.807) is 0 Å². The SMILES string of the molecule is Cc1nnc(SCC(=O)N(CCc2ccccc2)Cc2ccccc2)s1. The Kier molecular flexibility index (Phi) is 6.80. The second-order valence-electron chi connectivity index (χ2n) is 5.91. The molecule has 0 aliphatic rings. The van der Waals surface area contributed by atoms with Crippen molar-refractivity contribution >= 4 is 29.0 Å². The summed E-state index contributed by atoms with van der Waals surface area (Å²) in [6, 6.07) is 20.4. The van der Waals surface area contributed by atoms with Crippen molar-refractivity contribution in [1.82, 2.24) is 15.1 Å². The van der Waals surface area contributed by atoms with E-state index in [-0.39, 0.29) is 5.91 Å². The highest BCUT2D eigenvalue weighted by Gasteiger charge is 2.15. The van der Waals surface area contributed by atoms with Crippen molar-refractivity contribution in [2.75, 3.05) is 12.3 Å². The van der Waals surface area contributed by atoms with Gasteiger partial charge in [-0.15, -0.1) is 10.2 Å². The number of hydrogen-bond acceptors (Lipinski definition) is 5. The zero-order valence-electron chi connectivity index (χ0n) is 14.7. The van der Waals surface area contributed by atoms with Crippen LogP contribution < -0.4 is 0 Å². The van der Waals surface area contributed by atoms with Crippen molar-refractivity contribution < 1.29 is 4.79 Å². The molecule has 3 aromatic rings. The number of carbonyl (C=O) groups excluding carboxylic acids is 1. The van der Waals surface area contributed by atoms with Gasteiger partial charge in [-0.05, 0) is 24.5 Å². The number of rotatable bonds is 8. The molecule has 26 heavy (non-hydrogen) atoms. The average molecular weight is 384 g/mol. The van der Waals surface area contributed by atoms with Crippen LogP contribution in [0.3, 0.4) is 0 Å². The molecule has 1 aromatic heterocycles. The van der Waals surface area contributed by atoms with Gasteiger partial charge in [0.2, 0.25) is 5.91 Å². The summed E-state index contributed by atoms with van der Waals surface area (Å²) in [4.78, 5) is 14.7. The number of aromatic nitrogens is 2. The molecule has 0 radical (unpaired) electrons. The molecule has 3 rings (SSSR count). The number of benzene rings is 2. The van der Waals surface area contributed by atoms with E-state index in [1.807, 2.05) is 48.2 Å². The second-order valence-corrected chi connectivity index (χ2v) is 8.32. The third-order valence-electron chi connectivity index (χ3n) is 3.91. The van der Waals surface area contributed by atoms with Crippen LogP contribution in [0.15, 0.2) is 65.0 Å². The summed E-state index contributed by atoms with van der Waals surface area (Å²) in [7, 11) is 0. The predicted octanol–water partition coefficient (Wildman–Crippen LogP) is 4.21. The Bertz CT molecular complexity index is 821. The molecule has 1 amide bonds. The van der Waals surface area contributed by atoms with E-state index in [2.05, 4.69) is 34.5 Å². The van der Waals surface area contributed by atoms with Gasteiger partial charge < -0.3 is 4.90 Å². The van der Waals surface area contributed by atoms with Gasteiger partial charge in [-0.3, -0.25) is 4.79 Å². The first kappa shape index (κ1) is 18.6. The van der Waals surface area contributed by atoms with Crippen LogP contribution in [0.5, 0.6) is 0 Å². The van der Waals surface area contributed by atoms with E-state index < -0.39 is 0 Å². The molecule has 0 bridgehead atoms. The monoisotopic (exact) mass is 383 g/mol. The summed E-state index contributed by atoms with van der Waals surface area (Å²) in [6.45, 7) is 3.25. The first-order valence-corrected chi connectivity index (χ1v) is 10.3. The largest absolute Gasteiger partial charge is 0.337 e. The minimum Gasteiger partial charge on any atom is -0.337 e. The average Bonchev–Trinajstić information content (AvgIpc) is 3.10. The van der Waals surface area contributed by atoms with Crippen LogP contribution in [-0.4, -0.2) is 33.3 Å². The van der Waals surface area contributed by atoms with Crippen molar-refractivity contribution in [1.29, 1.82) is 0 Å². The van der Waals surface area contributed by atoms with Crippen molar-refractivity contribution in [2.24, 2.45) is 0 Å². The molecule has 6 heteroatoms. The Balaban J connectivity index is 1.63. The minimum atomic E-state index is 0.127. The molecule has 2 aromatic carbocycles. The zero-order chi connectivity index (χ0) is 18.2. The molecule has 0 N–H and O–H groups in total. The topological polar surface area (TPSA) is 46.1 Å². The maximum Gasteiger partial charge on any atom is 0.233 e. The minimum absolute atomic E-state index is 0.127. The van der Waals surface area contributed by atoms with Crippen molar-refractivity contribution in [3.8, 4) is 0 Å². The van der Waals surface area contributed by atoms with E-state index in [1.165, 1.54) is 28.7 Å². The molecule has 0 saturated heterocycles. The van der Waals surface area contributed by atoms with E-state index in [0.717, 1.165) is 21.3 Å². The third kappa shape index (κ3) is 5.68. The van der Waals surface area contributed by atoms with Gasteiger partial charge in [-0.1, -0.05) is 83.8 Å². The standard InChI is InChI=1S/C20H21N3OS2/c1-16-21-22-20(26-16)25-15-19(24)23(14-18-10-6-3-7-11-18)13-12-17-8-4-2-5-9-17/h2-11H,12-15H2,1H3. The Morgan fingerprint density at radius 1 is 1.00 bits per heavy atom. The zero-order valence-corrected chi connectivity index (χ0v) is 16.3. The highest BCUT2D eigenvalue weighted by atomic mass is 32.2. The fourth-order valence-corrected chi connectivity index (χ4v) is 4.27. The van der Waals surface area contributed by atoms with Gasteiger partial charge in [0.25, 0.3) is 0 Å². The summed E-state index contributed by atoms with van der Waals surface area (Å²) in [5.74, 6) is 0.513. The molecule has 0 saturated carbocycles. The molecule has 0 atom stereocenters. The molecule has 134 valence electrons. The van der Waals surface area contributed by atoms with Crippen LogP contribution in [0.2, 0.25) is 0 Å². The normalized spacial score (nSPS) is 10.7. The van der Waals surface area contributed by atoms with Gasteiger partial charge in [0.15, 0.2) is 4.34 Å². The number of aryl methyl sites for hydroxylation is 1. The van der Waals surface area contributed by atoms with Gasteiger partial charge in [-0.2, -0.15) is 0 Å². The van der Waals surface area contributed by atoms with Crippen LogP contribution in [0.4, 0.5) is 0 Å². The molecule has 0 fully saturated rings. The van der Waals surface area contributed by atoms with Crippen molar-refractivity contribution in [3.05, 3.63) is 76.8 Å². The molecular weight excluding hydrogens is 362 g/mol. The lowest BCUT2D eigenvalue weighted by Gasteiger charge is -2.23. The van der Waals surface area contributed by atoms with Gasteiger partial charge in [0, 0.05) is 13.1 Å². The van der Waals surface area contributed by atoms with Crippen molar-refractivity contribution in [3.63, 3.8) is 0 Å². The molecule has 1 heterocycles. The molecule has 0 aliphatic heterocycles. The lowest BCUT2D eigenvalue weighted by Crippen LogP contribution is -2.33. The quantitative estimate of drug-likeness (QED) is 0.547. The lowest BCUT2D eigenvalue weighted by molar-refractivity contribution is -0.128. The maximum atomic E-state index is 12.8.